The van der Waals surface area contributed by atoms with E-state index in [0.717, 1.165) is 5.56 Å². The minimum Gasteiger partial charge on any atom is -0.493 e. The number of carbonyl (C=O) groups excluding carboxylic acids is 1. The van der Waals surface area contributed by atoms with Crippen LogP contribution in [-0.2, 0) is 11.4 Å². The minimum absolute atomic E-state index is 0.0567. The third-order valence-electron chi connectivity index (χ3n) is 4.06. The van der Waals surface area contributed by atoms with Crippen molar-refractivity contribution in [2.24, 2.45) is 0 Å². The second-order valence-corrected chi connectivity index (χ2v) is 8.53. The molecular weight excluding hydrogens is 477 g/mol. The van der Waals surface area contributed by atoms with E-state index in [9.17, 15) is 9.18 Å². The smallest absolute Gasteiger partial charge is 0.266 e. The third-order valence-corrected chi connectivity index (χ3v) is 6.03. The average Bonchev–Trinajstić information content (AvgIpc) is 2.95. The van der Waals surface area contributed by atoms with Crippen molar-refractivity contribution in [3.63, 3.8) is 0 Å². The molecule has 0 saturated carbocycles. The van der Waals surface area contributed by atoms with Crippen LogP contribution in [0.15, 0.2) is 58.4 Å². The molecule has 1 aliphatic rings. The van der Waals surface area contributed by atoms with Gasteiger partial charge in [-0.2, -0.15) is 0 Å². The fraction of sp³-hybridized carbons (Fsp3) is 0.143. The van der Waals surface area contributed by atoms with Gasteiger partial charge in [-0.3, -0.25) is 9.69 Å². The lowest BCUT2D eigenvalue weighted by atomic mass is 10.1. The zero-order valence-corrected chi connectivity index (χ0v) is 18.7. The fourth-order valence-electron chi connectivity index (χ4n) is 2.67. The fourth-order valence-corrected chi connectivity index (χ4v) is 4.52. The normalized spacial score (nSPS) is 15.1. The maximum absolute atomic E-state index is 13.8. The zero-order valence-electron chi connectivity index (χ0n) is 15.5. The highest BCUT2D eigenvalue weighted by atomic mass is 79.9. The predicted octanol–water partition coefficient (Wildman–Crippen LogP) is 5.56. The van der Waals surface area contributed by atoms with Gasteiger partial charge in [0.05, 0.1) is 16.5 Å². The minimum atomic E-state index is -0.333. The van der Waals surface area contributed by atoms with Crippen LogP contribution in [0.25, 0.3) is 6.08 Å². The number of thiocarbonyl (C=S) groups is 1. The summed E-state index contributed by atoms with van der Waals surface area (Å²) in [5.41, 5.74) is 1.18. The van der Waals surface area contributed by atoms with E-state index in [4.69, 9.17) is 21.7 Å². The maximum atomic E-state index is 13.8. The summed E-state index contributed by atoms with van der Waals surface area (Å²) in [6, 6.07) is 9.98. The molecule has 2 aromatic carbocycles. The molecule has 0 bridgehead atoms. The summed E-state index contributed by atoms with van der Waals surface area (Å²) in [6.45, 7) is 4.08. The number of methoxy groups -OCH3 is 1. The third kappa shape index (κ3) is 4.88. The Kier molecular flexibility index (Phi) is 7.10. The molecule has 4 nitrogen and oxygen atoms in total. The molecule has 0 radical (unpaired) electrons. The summed E-state index contributed by atoms with van der Waals surface area (Å²) in [6.07, 6.45) is 3.38. The van der Waals surface area contributed by atoms with Crippen LogP contribution in [0.3, 0.4) is 0 Å². The maximum Gasteiger partial charge on any atom is 0.266 e. The molecule has 0 N–H and O–H groups in total. The first-order chi connectivity index (χ1) is 13.9. The number of hydrogen-bond donors (Lipinski definition) is 0. The van der Waals surface area contributed by atoms with Crippen LogP contribution < -0.4 is 9.47 Å². The quantitative estimate of drug-likeness (QED) is 0.286. The molecule has 0 unspecified atom stereocenters. The van der Waals surface area contributed by atoms with Crippen LogP contribution in [0.2, 0.25) is 0 Å². The second-order valence-electron chi connectivity index (χ2n) is 6.00. The van der Waals surface area contributed by atoms with Gasteiger partial charge in [-0.1, -0.05) is 48.3 Å². The van der Waals surface area contributed by atoms with Gasteiger partial charge in [0, 0.05) is 12.1 Å². The molecule has 8 heteroatoms. The number of ether oxygens (including phenoxy) is 2. The number of amides is 1. The lowest BCUT2D eigenvalue weighted by molar-refractivity contribution is -0.121. The Morgan fingerprint density at radius 3 is 2.79 bits per heavy atom. The van der Waals surface area contributed by atoms with Crippen molar-refractivity contribution in [1.82, 2.24) is 4.90 Å². The van der Waals surface area contributed by atoms with Gasteiger partial charge in [0.25, 0.3) is 5.91 Å². The molecule has 1 aliphatic heterocycles. The van der Waals surface area contributed by atoms with Crippen LogP contribution >= 0.6 is 39.9 Å². The van der Waals surface area contributed by atoms with Gasteiger partial charge in [-0.05, 0) is 45.8 Å². The molecule has 0 aliphatic carbocycles. The highest BCUT2D eigenvalue weighted by Crippen LogP contribution is 2.39. The van der Waals surface area contributed by atoms with Crippen LogP contribution in [-0.4, -0.2) is 28.8 Å². The summed E-state index contributed by atoms with van der Waals surface area (Å²) >= 11 is 9.97. The summed E-state index contributed by atoms with van der Waals surface area (Å²) < 4.78 is 26.2. The predicted molar refractivity (Wildman–Crippen MR) is 122 cm³/mol. The van der Waals surface area contributed by atoms with Crippen molar-refractivity contribution in [2.45, 2.75) is 6.61 Å². The van der Waals surface area contributed by atoms with Crippen molar-refractivity contribution in [3.8, 4) is 11.5 Å². The van der Waals surface area contributed by atoms with Crippen molar-refractivity contribution in [3.05, 3.63) is 75.4 Å². The first kappa shape index (κ1) is 21.5. The number of benzene rings is 2. The summed E-state index contributed by atoms with van der Waals surface area (Å²) in [5, 5.41) is 0. The van der Waals surface area contributed by atoms with Crippen LogP contribution in [0, 0.1) is 5.82 Å². The Labute approximate surface area is 186 Å². The van der Waals surface area contributed by atoms with Crippen LogP contribution in [0.5, 0.6) is 11.5 Å². The van der Waals surface area contributed by atoms with E-state index in [0.29, 0.717) is 37.3 Å². The van der Waals surface area contributed by atoms with E-state index in [1.165, 1.54) is 29.8 Å². The SMILES string of the molecule is C=CCN1C(=O)C(=Cc2cc(Br)c(OCc3ccccc3F)c(OC)c2)SC1=S. The Hall–Kier alpha value is -2.16. The first-order valence-corrected chi connectivity index (χ1v) is 10.6. The Balaban J connectivity index is 1.85. The summed E-state index contributed by atoms with van der Waals surface area (Å²) in [5.74, 6) is 0.422. The van der Waals surface area contributed by atoms with Crippen LogP contribution in [0.1, 0.15) is 11.1 Å². The largest absolute Gasteiger partial charge is 0.493 e. The van der Waals surface area contributed by atoms with Crippen molar-refractivity contribution in [2.75, 3.05) is 13.7 Å². The standard InChI is InChI=1S/C21H17BrFNO3S2/c1-3-8-24-20(25)18(29-21(24)28)11-13-9-15(22)19(17(10-13)26-2)27-12-14-6-4-5-7-16(14)23/h3-7,9-11H,1,8,12H2,2H3. The number of nitrogens with zero attached hydrogens (tertiary/aromatic N) is 1. The number of thioether (sulfide) groups is 1. The van der Waals surface area contributed by atoms with Gasteiger partial charge in [0.2, 0.25) is 0 Å². The molecule has 0 spiro atoms. The topological polar surface area (TPSA) is 38.8 Å². The highest BCUT2D eigenvalue weighted by molar-refractivity contribution is 9.10. The molecule has 2 aromatic rings. The number of halogens is 2. The average molecular weight is 494 g/mol. The lowest BCUT2D eigenvalue weighted by Crippen LogP contribution is -2.27. The molecular formula is C21H17BrFNO3S2. The molecule has 1 fully saturated rings. The zero-order chi connectivity index (χ0) is 21.0. The van der Waals surface area contributed by atoms with E-state index >= 15 is 0 Å². The number of hydrogen-bond acceptors (Lipinski definition) is 5. The molecule has 29 heavy (non-hydrogen) atoms. The number of carbonyl (C=O) groups is 1. The van der Waals surface area contributed by atoms with Gasteiger partial charge < -0.3 is 9.47 Å². The van der Waals surface area contributed by atoms with Gasteiger partial charge >= 0.3 is 0 Å². The van der Waals surface area contributed by atoms with E-state index < -0.39 is 0 Å². The van der Waals surface area contributed by atoms with Crippen molar-refractivity contribution >= 4 is 56.2 Å². The Morgan fingerprint density at radius 1 is 1.34 bits per heavy atom. The van der Waals surface area contributed by atoms with E-state index in [1.54, 1.807) is 42.5 Å². The Bertz CT molecular complexity index is 1010. The summed E-state index contributed by atoms with van der Waals surface area (Å²) in [4.78, 5) is 14.5. The molecule has 1 heterocycles. The second kappa shape index (κ2) is 9.56. The van der Waals surface area contributed by atoms with Gasteiger partial charge in [-0.25, -0.2) is 4.39 Å². The molecule has 1 saturated heterocycles. The van der Waals surface area contributed by atoms with E-state index in [2.05, 4.69) is 22.5 Å². The van der Waals surface area contributed by atoms with Gasteiger partial charge in [0.1, 0.15) is 16.7 Å². The van der Waals surface area contributed by atoms with Crippen molar-refractivity contribution < 1.29 is 18.7 Å². The van der Waals surface area contributed by atoms with Gasteiger partial charge in [0.15, 0.2) is 11.5 Å². The lowest BCUT2D eigenvalue weighted by Gasteiger charge is -2.14. The highest BCUT2D eigenvalue weighted by Gasteiger charge is 2.31. The first-order valence-electron chi connectivity index (χ1n) is 8.54. The molecule has 0 atom stereocenters. The molecule has 3 rings (SSSR count). The van der Waals surface area contributed by atoms with Crippen LogP contribution in [0.4, 0.5) is 4.39 Å². The Morgan fingerprint density at radius 2 is 2.10 bits per heavy atom. The molecule has 1 amide bonds. The monoisotopic (exact) mass is 493 g/mol. The number of rotatable bonds is 7. The molecule has 0 aromatic heterocycles. The van der Waals surface area contributed by atoms with E-state index in [1.807, 2.05) is 0 Å². The van der Waals surface area contributed by atoms with Gasteiger partial charge in [-0.15, -0.1) is 6.58 Å². The van der Waals surface area contributed by atoms with Crippen molar-refractivity contribution in [1.29, 1.82) is 0 Å². The van der Waals surface area contributed by atoms with E-state index in [-0.39, 0.29) is 18.3 Å². The summed E-state index contributed by atoms with van der Waals surface area (Å²) in [7, 11) is 1.52. The molecule has 150 valence electrons.